The highest BCUT2D eigenvalue weighted by Crippen LogP contribution is 2.22. The second kappa shape index (κ2) is 14.6. The van der Waals surface area contributed by atoms with E-state index >= 15 is 0 Å². The van der Waals surface area contributed by atoms with E-state index in [9.17, 15) is 23.1 Å². The molecule has 3 N–H and O–H groups in total. The van der Waals surface area contributed by atoms with E-state index in [-0.39, 0.29) is 5.56 Å². The van der Waals surface area contributed by atoms with E-state index < -0.39 is 18.1 Å². The number of alkyl halides is 3. The molecule has 3 aromatic rings. The lowest BCUT2D eigenvalue weighted by Crippen LogP contribution is -2.50. The summed E-state index contributed by atoms with van der Waals surface area (Å²) in [6, 6.07) is 25.2. The summed E-state index contributed by atoms with van der Waals surface area (Å²) in [6.07, 6.45) is -4.25. The molecule has 0 aromatic heterocycles. The number of methoxy groups -OCH3 is 1. The number of carboxylic acid groups (broad SMARTS) is 2. The summed E-state index contributed by atoms with van der Waals surface area (Å²) in [4.78, 5) is 29.8. The van der Waals surface area contributed by atoms with Crippen molar-refractivity contribution in [2.45, 2.75) is 12.6 Å². The van der Waals surface area contributed by atoms with Gasteiger partial charge in [0.15, 0.2) is 5.96 Å². The van der Waals surface area contributed by atoms with Crippen LogP contribution in [0.15, 0.2) is 83.9 Å². The number of aliphatic imine (C=N–C) groups is 1. The molecule has 0 atom stereocenters. The van der Waals surface area contributed by atoms with Crippen LogP contribution in [0.25, 0.3) is 0 Å². The SMILES string of the molecule is COc1cccc(N2CCN(C(=NCCc3ccccc3)Nc3cccc(C(=O)O)c3)CC2)c1.O=C(O)C(F)(F)F. The molecular formula is C29H31F3N4O5. The molecular weight excluding hydrogens is 541 g/mol. The molecule has 4 rings (SSSR count). The van der Waals surface area contributed by atoms with Crippen molar-refractivity contribution in [3.05, 3.63) is 90.0 Å². The van der Waals surface area contributed by atoms with Crippen molar-refractivity contribution in [3.8, 4) is 5.75 Å². The second-order valence-corrected chi connectivity index (χ2v) is 8.93. The van der Waals surface area contributed by atoms with Crippen LogP contribution >= 0.6 is 0 Å². The maximum atomic E-state index is 11.4. The third kappa shape index (κ3) is 9.75. The molecule has 0 saturated carbocycles. The fourth-order valence-electron chi connectivity index (χ4n) is 4.00. The van der Waals surface area contributed by atoms with Crippen LogP contribution in [0.1, 0.15) is 15.9 Å². The number of aliphatic carboxylic acids is 1. The summed E-state index contributed by atoms with van der Waals surface area (Å²) < 4.78 is 37.1. The summed E-state index contributed by atoms with van der Waals surface area (Å²) in [5.74, 6) is -2.09. The zero-order chi connectivity index (χ0) is 29.8. The van der Waals surface area contributed by atoms with E-state index in [1.165, 1.54) is 5.56 Å². The van der Waals surface area contributed by atoms with Gasteiger partial charge >= 0.3 is 18.1 Å². The van der Waals surface area contributed by atoms with Crippen molar-refractivity contribution < 1.29 is 37.7 Å². The Morgan fingerprint density at radius 3 is 2.20 bits per heavy atom. The molecule has 0 radical (unpaired) electrons. The average Bonchev–Trinajstić information content (AvgIpc) is 2.97. The minimum Gasteiger partial charge on any atom is -0.497 e. The number of rotatable bonds is 7. The number of piperazine rings is 1. The number of aromatic carboxylic acids is 1. The van der Waals surface area contributed by atoms with Crippen LogP contribution < -0.4 is 15.0 Å². The van der Waals surface area contributed by atoms with Gasteiger partial charge in [0.25, 0.3) is 0 Å². The van der Waals surface area contributed by atoms with Gasteiger partial charge in [-0.1, -0.05) is 42.5 Å². The van der Waals surface area contributed by atoms with Crippen molar-refractivity contribution in [3.63, 3.8) is 0 Å². The predicted molar refractivity (Wildman–Crippen MR) is 150 cm³/mol. The number of carbonyl (C=O) groups is 2. The Hall–Kier alpha value is -4.74. The van der Waals surface area contributed by atoms with Crippen LogP contribution in [-0.2, 0) is 11.2 Å². The van der Waals surface area contributed by atoms with Gasteiger partial charge < -0.3 is 30.1 Å². The number of ether oxygens (including phenoxy) is 1. The van der Waals surface area contributed by atoms with Crippen LogP contribution in [0.2, 0.25) is 0 Å². The van der Waals surface area contributed by atoms with E-state index in [1.807, 2.05) is 36.4 Å². The van der Waals surface area contributed by atoms with Crippen molar-refractivity contribution in [2.75, 3.05) is 50.1 Å². The molecule has 0 bridgehead atoms. The highest BCUT2D eigenvalue weighted by molar-refractivity contribution is 5.96. The highest BCUT2D eigenvalue weighted by atomic mass is 19.4. The minimum atomic E-state index is -5.08. The largest absolute Gasteiger partial charge is 0.497 e. The number of halogens is 3. The third-order valence-electron chi connectivity index (χ3n) is 6.11. The summed E-state index contributed by atoms with van der Waals surface area (Å²) in [5.41, 5.74) is 3.34. The van der Waals surface area contributed by atoms with Crippen LogP contribution in [0.3, 0.4) is 0 Å². The lowest BCUT2D eigenvalue weighted by molar-refractivity contribution is -0.192. The first-order valence-electron chi connectivity index (χ1n) is 12.7. The van der Waals surface area contributed by atoms with E-state index in [0.29, 0.717) is 12.2 Å². The lowest BCUT2D eigenvalue weighted by atomic mass is 10.1. The van der Waals surface area contributed by atoms with E-state index in [4.69, 9.17) is 19.6 Å². The summed E-state index contributed by atoms with van der Waals surface area (Å²) >= 11 is 0. The predicted octanol–water partition coefficient (Wildman–Crippen LogP) is 4.86. The molecule has 0 spiro atoms. The normalized spacial score (nSPS) is 13.6. The van der Waals surface area contributed by atoms with Gasteiger partial charge in [-0.3, -0.25) is 4.99 Å². The van der Waals surface area contributed by atoms with Crippen molar-refractivity contribution in [1.82, 2.24) is 4.90 Å². The molecule has 1 heterocycles. The first-order chi connectivity index (χ1) is 19.6. The number of carboxylic acids is 2. The maximum absolute atomic E-state index is 11.4. The van der Waals surface area contributed by atoms with Gasteiger partial charge in [0.2, 0.25) is 0 Å². The quantitative estimate of drug-likeness (QED) is 0.272. The Morgan fingerprint density at radius 1 is 0.927 bits per heavy atom. The Balaban J connectivity index is 0.000000587. The molecule has 1 aliphatic rings. The Bertz CT molecular complexity index is 1330. The van der Waals surface area contributed by atoms with Gasteiger partial charge in [0.1, 0.15) is 5.75 Å². The van der Waals surface area contributed by atoms with Gasteiger partial charge in [0, 0.05) is 50.2 Å². The third-order valence-corrected chi connectivity index (χ3v) is 6.11. The standard InChI is InChI=1S/C27H30N4O3.C2HF3O2/c1-34-25-12-6-11-24(20-25)30-15-17-31(18-16-30)27(28-14-13-21-7-3-2-4-8-21)29-23-10-5-9-22(19-23)26(32)33;3-2(4,5)1(6)7/h2-12,19-20H,13-18H2,1H3,(H,28,29)(H,32,33);(H,6,7). The Morgan fingerprint density at radius 2 is 1.59 bits per heavy atom. The summed E-state index contributed by atoms with van der Waals surface area (Å²) in [7, 11) is 1.68. The van der Waals surface area contributed by atoms with Gasteiger partial charge in [-0.05, 0) is 42.3 Å². The average molecular weight is 573 g/mol. The molecule has 3 aromatic carbocycles. The first-order valence-corrected chi connectivity index (χ1v) is 12.7. The molecule has 0 unspecified atom stereocenters. The van der Waals surface area contributed by atoms with Gasteiger partial charge in [-0.15, -0.1) is 0 Å². The fourth-order valence-corrected chi connectivity index (χ4v) is 4.00. The number of anilines is 2. The van der Waals surface area contributed by atoms with E-state index in [0.717, 1.165) is 50.0 Å². The molecule has 0 aliphatic carbocycles. The van der Waals surface area contributed by atoms with Crippen LogP contribution in [-0.4, -0.2) is 79.0 Å². The Kier molecular flexibility index (Phi) is 11.0. The molecule has 1 aliphatic heterocycles. The monoisotopic (exact) mass is 572 g/mol. The van der Waals surface area contributed by atoms with Crippen molar-refractivity contribution in [2.24, 2.45) is 4.99 Å². The molecule has 1 fully saturated rings. The van der Waals surface area contributed by atoms with Crippen LogP contribution in [0, 0.1) is 0 Å². The zero-order valence-corrected chi connectivity index (χ0v) is 22.3. The lowest BCUT2D eigenvalue weighted by Gasteiger charge is -2.38. The smallest absolute Gasteiger partial charge is 0.490 e. The molecule has 41 heavy (non-hydrogen) atoms. The van der Waals surface area contributed by atoms with Gasteiger partial charge in [-0.2, -0.15) is 13.2 Å². The zero-order valence-electron chi connectivity index (χ0n) is 22.3. The van der Waals surface area contributed by atoms with Gasteiger partial charge in [0.05, 0.1) is 12.7 Å². The molecule has 1 saturated heterocycles. The first kappa shape index (κ1) is 30.8. The number of nitrogens with one attached hydrogen (secondary N) is 1. The highest BCUT2D eigenvalue weighted by Gasteiger charge is 2.38. The molecule has 9 nitrogen and oxygen atoms in total. The summed E-state index contributed by atoms with van der Waals surface area (Å²) in [6.45, 7) is 3.94. The van der Waals surface area contributed by atoms with Crippen molar-refractivity contribution in [1.29, 1.82) is 0 Å². The molecule has 218 valence electrons. The summed E-state index contributed by atoms with van der Waals surface area (Å²) in [5, 5.41) is 19.9. The number of nitrogens with zero attached hydrogens (tertiary/aromatic N) is 3. The topological polar surface area (TPSA) is 115 Å². The van der Waals surface area contributed by atoms with Crippen LogP contribution in [0.4, 0.5) is 24.5 Å². The number of hydrogen-bond donors (Lipinski definition) is 3. The molecule has 0 amide bonds. The molecule has 12 heteroatoms. The van der Waals surface area contributed by atoms with E-state index in [2.05, 4.69) is 39.4 Å². The number of benzene rings is 3. The van der Waals surface area contributed by atoms with Gasteiger partial charge in [-0.25, -0.2) is 9.59 Å². The second-order valence-electron chi connectivity index (χ2n) is 8.93. The minimum absolute atomic E-state index is 0.247. The Labute approximate surface area is 235 Å². The fraction of sp³-hybridized carbons (Fsp3) is 0.276. The van der Waals surface area contributed by atoms with Crippen molar-refractivity contribution >= 4 is 29.3 Å². The van der Waals surface area contributed by atoms with E-state index in [1.54, 1.807) is 25.3 Å². The maximum Gasteiger partial charge on any atom is 0.490 e. The number of guanidine groups is 1. The van der Waals surface area contributed by atoms with Crippen LogP contribution in [0.5, 0.6) is 5.75 Å². The number of hydrogen-bond acceptors (Lipinski definition) is 5.